The molecule has 1 aromatic rings. The molecule has 1 atom stereocenters. The summed E-state index contributed by atoms with van der Waals surface area (Å²) in [5, 5.41) is 20.9. The van der Waals surface area contributed by atoms with Crippen LogP contribution in [0.2, 0.25) is 0 Å². The van der Waals surface area contributed by atoms with E-state index < -0.39 is 0 Å². The SMILES string of the molecule is Cc1cc(C)c(C(C)C(C)C)c(C)c1CON=C(C#N)C#N. The fourth-order valence-electron chi connectivity index (χ4n) is 2.73. The fourth-order valence-corrected chi connectivity index (χ4v) is 2.73. The first kappa shape index (κ1) is 17.7. The molecule has 0 aliphatic heterocycles. The topological polar surface area (TPSA) is 69.2 Å². The Hall–Kier alpha value is -2.33. The van der Waals surface area contributed by atoms with E-state index in [0.717, 1.165) is 11.1 Å². The van der Waals surface area contributed by atoms with Crippen LogP contribution in [0, 0.1) is 49.4 Å². The van der Waals surface area contributed by atoms with E-state index in [1.54, 1.807) is 12.1 Å². The molecular weight excluding hydrogens is 274 g/mol. The highest BCUT2D eigenvalue weighted by Gasteiger charge is 2.18. The molecule has 0 aliphatic rings. The first-order chi connectivity index (χ1) is 10.3. The molecule has 22 heavy (non-hydrogen) atoms. The summed E-state index contributed by atoms with van der Waals surface area (Å²) in [5.41, 5.74) is 5.80. The molecule has 4 nitrogen and oxygen atoms in total. The third-order valence-electron chi connectivity index (χ3n) is 4.22. The van der Waals surface area contributed by atoms with Crippen molar-refractivity contribution in [1.82, 2.24) is 0 Å². The minimum Gasteiger partial charge on any atom is -0.389 e. The summed E-state index contributed by atoms with van der Waals surface area (Å²) in [6.07, 6.45) is 0. The number of hydrogen-bond donors (Lipinski definition) is 0. The lowest BCUT2D eigenvalue weighted by Gasteiger charge is -2.24. The predicted octanol–water partition coefficient (Wildman–Crippen LogP) is 4.29. The Labute approximate surface area is 133 Å². The van der Waals surface area contributed by atoms with Gasteiger partial charge in [-0.15, -0.1) is 0 Å². The van der Waals surface area contributed by atoms with Gasteiger partial charge >= 0.3 is 0 Å². The van der Waals surface area contributed by atoms with Crippen molar-refractivity contribution in [3.05, 3.63) is 33.9 Å². The molecule has 0 saturated carbocycles. The fraction of sp³-hybridized carbons (Fsp3) is 0.500. The van der Waals surface area contributed by atoms with Gasteiger partial charge in [0.2, 0.25) is 0 Å². The molecule has 0 spiro atoms. The molecule has 4 heteroatoms. The average molecular weight is 297 g/mol. The van der Waals surface area contributed by atoms with Gasteiger partial charge in [0, 0.05) is 0 Å². The highest BCUT2D eigenvalue weighted by atomic mass is 16.6. The molecule has 0 fully saturated rings. The lowest BCUT2D eigenvalue weighted by molar-refractivity contribution is 0.130. The Morgan fingerprint density at radius 2 is 1.73 bits per heavy atom. The Morgan fingerprint density at radius 1 is 1.14 bits per heavy atom. The second-order valence-electron chi connectivity index (χ2n) is 6.00. The molecule has 0 heterocycles. The van der Waals surface area contributed by atoms with Crippen molar-refractivity contribution in [2.24, 2.45) is 11.1 Å². The van der Waals surface area contributed by atoms with Crippen LogP contribution < -0.4 is 0 Å². The molecule has 0 amide bonds. The molecule has 1 aromatic carbocycles. The molecule has 1 unspecified atom stereocenters. The number of benzene rings is 1. The predicted molar refractivity (Wildman–Crippen MR) is 87.4 cm³/mol. The van der Waals surface area contributed by atoms with E-state index in [2.05, 4.69) is 45.8 Å². The van der Waals surface area contributed by atoms with Crippen LogP contribution in [-0.2, 0) is 11.4 Å². The molecule has 0 bridgehead atoms. The number of rotatable bonds is 5. The second-order valence-corrected chi connectivity index (χ2v) is 6.00. The average Bonchev–Trinajstić information content (AvgIpc) is 2.46. The van der Waals surface area contributed by atoms with Crippen LogP contribution in [0.4, 0.5) is 0 Å². The Balaban J connectivity index is 3.17. The first-order valence-corrected chi connectivity index (χ1v) is 7.43. The van der Waals surface area contributed by atoms with Gasteiger partial charge in [-0.25, -0.2) is 0 Å². The lowest BCUT2D eigenvalue weighted by atomic mass is 9.82. The molecule has 0 aliphatic carbocycles. The van der Waals surface area contributed by atoms with Crippen LogP contribution in [0.25, 0.3) is 0 Å². The van der Waals surface area contributed by atoms with E-state index in [9.17, 15) is 0 Å². The summed E-state index contributed by atoms with van der Waals surface area (Å²) < 4.78 is 0. The van der Waals surface area contributed by atoms with Gasteiger partial charge in [0.1, 0.15) is 18.7 Å². The Bertz CT molecular complexity index is 644. The van der Waals surface area contributed by atoms with Crippen LogP contribution in [-0.4, -0.2) is 5.71 Å². The minimum atomic E-state index is -0.266. The van der Waals surface area contributed by atoms with Crippen LogP contribution in [0.3, 0.4) is 0 Å². The number of nitrogens with zero attached hydrogens (tertiary/aromatic N) is 3. The van der Waals surface area contributed by atoms with Crippen LogP contribution in [0.1, 0.15) is 54.5 Å². The van der Waals surface area contributed by atoms with Crippen LogP contribution in [0.5, 0.6) is 0 Å². The number of aryl methyl sites for hydroxylation is 2. The molecule has 1 rings (SSSR count). The third kappa shape index (κ3) is 3.86. The summed E-state index contributed by atoms with van der Waals surface area (Å²) >= 11 is 0. The zero-order chi connectivity index (χ0) is 16.9. The van der Waals surface area contributed by atoms with Gasteiger partial charge < -0.3 is 4.84 Å². The maximum absolute atomic E-state index is 8.66. The molecule has 0 N–H and O–H groups in total. The third-order valence-corrected chi connectivity index (χ3v) is 4.22. The van der Waals surface area contributed by atoms with E-state index in [0.29, 0.717) is 11.8 Å². The summed E-state index contributed by atoms with van der Waals surface area (Å²) in [6.45, 7) is 13.2. The Kier molecular flexibility index (Phi) is 6.13. The van der Waals surface area contributed by atoms with Gasteiger partial charge in [0.25, 0.3) is 5.71 Å². The van der Waals surface area contributed by atoms with Gasteiger partial charge in [-0.05, 0) is 60.4 Å². The summed E-state index contributed by atoms with van der Waals surface area (Å²) in [5.74, 6) is 1.01. The van der Waals surface area contributed by atoms with Gasteiger partial charge in [0.15, 0.2) is 0 Å². The van der Waals surface area contributed by atoms with Crippen molar-refractivity contribution in [2.45, 2.75) is 54.1 Å². The highest BCUT2D eigenvalue weighted by Crippen LogP contribution is 2.33. The van der Waals surface area contributed by atoms with Crippen molar-refractivity contribution < 1.29 is 4.84 Å². The molecular formula is C18H23N3O. The smallest absolute Gasteiger partial charge is 0.256 e. The summed E-state index contributed by atoms with van der Waals surface area (Å²) in [7, 11) is 0. The van der Waals surface area contributed by atoms with Crippen molar-refractivity contribution in [3.63, 3.8) is 0 Å². The highest BCUT2D eigenvalue weighted by molar-refractivity contribution is 6.09. The van der Waals surface area contributed by atoms with E-state index >= 15 is 0 Å². The minimum absolute atomic E-state index is 0.266. The van der Waals surface area contributed by atoms with E-state index in [4.69, 9.17) is 15.4 Å². The largest absolute Gasteiger partial charge is 0.389 e. The van der Waals surface area contributed by atoms with E-state index in [-0.39, 0.29) is 12.3 Å². The second kappa shape index (κ2) is 7.61. The quantitative estimate of drug-likeness (QED) is 0.601. The van der Waals surface area contributed by atoms with E-state index in [1.807, 2.05) is 6.92 Å². The standard InChI is InChI=1S/C18H23N3O/c1-11(2)14(5)18-13(4)7-12(3)17(15(18)6)10-22-21-16(8-19)9-20/h7,11,14H,10H2,1-6H3. The molecule has 0 saturated heterocycles. The summed E-state index contributed by atoms with van der Waals surface area (Å²) in [6, 6.07) is 5.54. The zero-order valence-corrected chi connectivity index (χ0v) is 14.2. The molecule has 116 valence electrons. The van der Waals surface area contributed by atoms with Crippen molar-refractivity contribution in [1.29, 1.82) is 10.5 Å². The molecule has 0 radical (unpaired) electrons. The number of hydrogen-bond acceptors (Lipinski definition) is 4. The maximum Gasteiger partial charge on any atom is 0.256 e. The van der Waals surface area contributed by atoms with Crippen molar-refractivity contribution in [3.8, 4) is 12.1 Å². The zero-order valence-electron chi connectivity index (χ0n) is 14.2. The normalized spacial score (nSPS) is 11.5. The summed E-state index contributed by atoms with van der Waals surface area (Å²) in [4.78, 5) is 5.20. The van der Waals surface area contributed by atoms with Crippen molar-refractivity contribution in [2.75, 3.05) is 0 Å². The van der Waals surface area contributed by atoms with Gasteiger partial charge in [0.05, 0.1) is 0 Å². The van der Waals surface area contributed by atoms with Gasteiger partial charge in [-0.2, -0.15) is 10.5 Å². The van der Waals surface area contributed by atoms with Crippen molar-refractivity contribution >= 4 is 5.71 Å². The maximum atomic E-state index is 8.66. The van der Waals surface area contributed by atoms with Gasteiger partial charge in [-0.1, -0.05) is 32.0 Å². The monoisotopic (exact) mass is 297 g/mol. The van der Waals surface area contributed by atoms with Crippen LogP contribution >= 0.6 is 0 Å². The lowest BCUT2D eigenvalue weighted by Crippen LogP contribution is -2.10. The van der Waals surface area contributed by atoms with Gasteiger partial charge in [-0.3, -0.25) is 0 Å². The number of oxime groups is 1. The van der Waals surface area contributed by atoms with Crippen LogP contribution in [0.15, 0.2) is 11.2 Å². The molecule has 0 aromatic heterocycles. The number of nitriles is 2. The van der Waals surface area contributed by atoms with E-state index in [1.165, 1.54) is 16.7 Å². The first-order valence-electron chi connectivity index (χ1n) is 7.43. The Morgan fingerprint density at radius 3 is 2.23 bits per heavy atom.